The summed E-state index contributed by atoms with van der Waals surface area (Å²) in [7, 11) is -1.85. The van der Waals surface area contributed by atoms with Crippen molar-refractivity contribution < 1.29 is 22.7 Å². The summed E-state index contributed by atoms with van der Waals surface area (Å²) < 4.78 is 29.8. The standard InChI is InChI=1S/C20H28ClN3O5S/c1-29-20(26)18(16-5-3-4-6-17(16)21)22-11-13-23(14-12-22)19(25)15-7-9-24(10-8-15)30(2,27)28/h3-6,15,18H,7-14H2,1-2H3/t18-/m1/s1. The van der Waals surface area contributed by atoms with Crippen LogP contribution in [-0.4, -0.2) is 87.0 Å². The number of carbonyl (C=O) groups is 2. The van der Waals surface area contributed by atoms with Gasteiger partial charge in [-0.2, -0.15) is 0 Å². The molecule has 2 aliphatic heterocycles. The molecule has 0 saturated carbocycles. The summed E-state index contributed by atoms with van der Waals surface area (Å²) in [5.74, 6) is -0.472. The fourth-order valence-electron chi connectivity index (χ4n) is 4.17. The van der Waals surface area contributed by atoms with Crippen molar-refractivity contribution in [2.45, 2.75) is 18.9 Å². The number of benzene rings is 1. The number of esters is 1. The number of sulfonamides is 1. The van der Waals surface area contributed by atoms with Crippen LogP contribution in [0.5, 0.6) is 0 Å². The van der Waals surface area contributed by atoms with E-state index in [1.165, 1.54) is 17.7 Å². The molecule has 0 spiro atoms. The van der Waals surface area contributed by atoms with Gasteiger partial charge in [-0.3, -0.25) is 9.69 Å². The van der Waals surface area contributed by atoms with Gasteiger partial charge in [0.1, 0.15) is 6.04 Å². The van der Waals surface area contributed by atoms with Crippen LogP contribution in [0.3, 0.4) is 0 Å². The number of rotatable bonds is 5. The summed E-state index contributed by atoms with van der Waals surface area (Å²) >= 11 is 6.32. The monoisotopic (exact) mass is 457 g/mol. The van der Waals surface area contributed by atoms with Crippen LogP contribution >= 0.6 is 11.6 Å². The topological polar surface area (TPSA) is 87.2 Å². The summed E-state index contributed by atoms with van der Waals surface area (Å²) in [6.07, 6.45) is 2.28. The Morgan fingerprint density at radius 2 is 1.67 bits per heavy atom. The van der Waals surface area contributed by atoms with Crippen LogP contribution in [0.25, 0.3) is 0 Å². The smallest absolute Gasteiger partial charge is 0.327 e. The first-order valence-electron chi connectivity index (χ1n) is 10.0. The number of piperazine rings is 1. The molecule has 1 atom stereocenters. The van der Waals surface area contributed by atoms with Gasteiger partial charge < -0.3 is 9.64 Å². The maximum atomic E-state index is 12.9. The third-order valence-electron chi connectivity index (χ3n) is 5.89. The van der Waals surface area contributed by atoms with Crippen molar-refractivity contribution in [3.05, 3.63) is 34.9 Å². The van der Waals surface area contributed by atoms with E-state index in [4.69, 9.17) is 16.3 Å². The summed E-state index contributed by atoms with van der Waals surface area (Å²) in [6.45, 7) is 2.82. The van der Waals surface area contributed by atoms with E-state index in [-0.39, 0.29) is 17.8 Å². The van der Waals surface area contributed by atoms with Gasteiger partial charge in [-0.05, 0) is 24.5 Å². The molecule has 8 nitrogen and oxygen atoms in total. The van der Waals surface area contributed by atoms with Crippen LogP contribution in [0.4, 0.5) is 0 Å². The lowest BCUT2D eigenvalue weighted by Gasteiger charge is -2.40. The first-order valence-corrected chi connectivity index (χ1v) is 12.2. The highest BCUT2D eigenvalue weighted by atomic mass is 35.5. The molecule has 3 rings (SSSR count). The van der Waals surface area contributed by atoms with Crippen molar-refractivity contribution in [1.82, 2.24) is 14.1 Å². The zero-order valence-electron chi connectivity index (χ0n) is 17.3. The van der Waals surface area contributed by atoms with E-state index in [9.17, 15) is 18.0 Å². The molecule has 0 aliphatic carbocycles. The predicted molar refractivity (Wildman–Crippen MR) is 114 cm³/mol. The van der Waals surface area contributed by atoms with Crippen LogP contribution in [0.2, 0.25) is 5.02 Å². The molecule has 1 amide bonds. The number of hydrogen-bond donors (Lipinski definition) is 0. The summed E-state index contributed by atoms with van der Waals surface area (Å²) in [5.41, 5.74) is 0.693. The Balaban J connectivity index is 1.61. The Hall–Kier alpha value is -1.68. The molecule has 0 aromatic heterocycles. The number of carbonyl (C=O) groups excluding carboxylic acids is 2. The van der Waals surface area contributed by atoms with Gasteiger partial charge in [0.2, 0.25) is 15.9 Å². The number of ether oxygens (including phenoxy) is 1. The average Bonchev–Trinajstić information content (AvgIpc) is 2.74. The highest BCUT2D eigenvalue weighted by molar-refractivity contribution is 7.88. The molecule has 0 N–H and O–H groups in total. The fourth-order valence-corrected chi connectivity index (χ4v) is 5.29. The maximum Gasteiger partial charge on any atom is 0.327 e. The Kier molecular flexibility index (Phi) is 7.38. The molecule has 2 fully saturated rings. The van der Waals surface area contributed by atoms with Crippen molar-refractivity contribution in [1.29, 1.82) is 0 Å². The zero-order chi connectivity index (χ0) is 21.9. The van der Waals surface area contributed by atoms with Gasteiger partial charge in [0, 0.05) is 50.2 Å². The molecule has 0 radical (unpaired) electrons. The largest absolute Gasteiger partial charge is 0.468 e. The summed E-state index contributed by atoms with van der Waals surface area (Å²) in [6, 6.07) is 6.59. The number of piperidine rings is 1. The Bertz CT molecular complexity index is 878. The van der Waals surface area contributed by atoms with Gasteiger partial charge in [0.25, 0.3) is 0 Å². The highest BCUT2D eigenvalue weighted by Crippen LogP contribution is 2.30. The SMILES string of the molecule is COC(=O)[C@@H](c1ccccc1Cl)N1CCN(C(=O)C2CCN(S(C)(=O)=O)CC2)CC1. The van der Waals surface area contributed by atoms with Crippen LogP contribution in [0.1, 0.15) is 24.4 Å². The molecule has 10 heteroatoms. The molecule has 1 aromatic carbocycles. The van der Waals surface area contributed by atoms with Gasteiger partial charge in [-0.15, -0.1) is 0 Å². The lowest BCUT2D eigenvalue weighted by Crippen LogP contribution is -2.53. The minimum Gasteiger partial charge on any atom is -0.468 e. The average molecular weight is 458 g/mol. The predicted octanol–water partition coefficient (Wildman–Crippen LogP) is 1.37. The van der Waals surface area contributed by atoms with Crippen molar-refractivity contribution in [2.75, 3.05) is 52.6 Å². The van der Waals surface area contributed by atoms with Crippen LogP contribution in [0, 0.1) is 5.92 Å². The second-order valence-electron chi connectivity index (χ2n) is 7.74. The van der Waals surface area contributed by atoms with E-state index in [1.807, 2.05) is 28.0 Å². The van der Waals surface area contributed by atoms with Crippen molar-refractivity contribution in [3.63, 3.8) is 0 Å². The van der Waals surface area contributed by atoms with E-state index in [2.05, 4.69) is 0 Å². The number of nitrogens with zero attached hydrogens (tertiary/aromatic N) is 3. The second kappa shape index (κ2) is 9.64. The van der Waals surface area contributed by atoms with Crippen LogP contribution < -0.4 is 0 Å². The molecular formula is C20H28ClN3O5S. The first-order chi connectivity index (χ1) is 14.2. The van der Waals surface area contributed by atoms with Gasteiger partial charge in [0.05, 0.1) is 13.4 Å². The van der Waals surface area contributed by atoms with Gasteiger partial charge in [-0.1, -0.05) is 29.8 Å². The van der Waals surface area contributed by atoms with E-state index in [0.29, 0.717) is 62.7 Å². The van der Waals surface area contributed by atoms with Crippen molar-refractivity contribution >= 4 is 33.5 Å². The zero-order valence-corrected chi connectivity index (χ0v) is 18.9. The molecule has 0 bridgehead atoms. The first kappa shape index (κ1) is 23.0. The fraction of sp³-hybridized carbons (Fsp3) is 0.600. The minimum absolute atomic E-state index is 0.0650. The van der Waals surface area contributed by atoms with E-state index < -0.39 is 16.1 Å². The minimum atomic E-state index is -3.21. The Labute approximate surface area is 182 Å². The van der Waals surface area contributed by atoms with Gasteiger partial charge in [0.15, 0.2) is 0 Å². The lowest BCUT2D eigenvalue weighted by molar-refractivity contribution is -0.149. The molecule has 166 valence electrons. The number of halogens is 1. The lowest BCUT2D eigenvalue weighted by atomic mass is 9.96. The van der Waals surface area contributed by atoms with Crippen molar-refractivity contribution in [3.8, 4) is 0 Å². The maximum absolute atomic E-state index is 12.9. The third-order valence-corrected chi connectivity index (χ3v) is 7.53. The molecule has 2 aliphatic rings. The van der Waals surface area contributed by atoms with Gasteiger partial charge >= 0.3 is 5.97 Å². The Morgan fingerprint density at radius 3 is 2.20 bits per heavy atom. The molecule has 30 heavy (non-hydrogen) atoms. The van der Waals surface area contributed by atoms with E-state index in [1.54, 1.807) is 6.07 Å². The van der Waals surface area contributed by atoms with Crippen molar-refractivity contribution in [2.24, 2.45) is 5.92 Å². The van der Waals surface area contributed by atoms with Crippen LogP contribution in [-0.2, 0) is 24.3 Å². The molecule has 2 saturated heterocycles. The highest BCUT2D eigenvalue weighted by Gasteiger charge is 2.36. The van der Waals surface area contributed by atoms with Gasteiger partial charge in [-0.25, -0.2) is 17.5 Å². The molecule has 2 heterocycles. The quantitative estimate of drug-likeness (QED) is 0.620. The summed E-state index contributed by atoms with van der Waals surface area (Å²) in [4.78, 5) is 29.2. The molecule has 0 unspecified atom stereocenters. The molecule has 1 aromatic rings. The number of methoxy groups -OCH3 is 1. The third kappa shape index (κ3) is 5.14. The van der Waals surface area contributed by atoms with E-state index in [0.717, 1.165) is 0 Å². The summed E-state index contributed by atoms with van der Waals surface area (Å²) in [5, 5.41) is 0.504. The second-order valence-corrected chi connectivity index (χ2v) is 10.1. The van der Waals surface area contributed by atoms with Crippen LogP contribution in [0.15, 0.2) is 24.3 Å². The Morgan fingerprint density at radius 1 is 1.07 bits per heavy atom. The van der Waals surface area contributed by atoms with E-state index >= 15 is 0 Å². The number of hydrogen-bond acceptors (Lipinski definition) is 6. The molecular weight excluding hydrogens is 430 g/mol. The number of amides is 1. The normalized spacial score (nSPS) is 20.7.